The fraction of sp³-hybridized carbons (Fsp3) is 0.333. The minimum absolute atomic E-state index is 0.00573. The molecule has 3 rings (SSSR count). The molecule has 2 aromatic carbocycles. The van der Waals surface area contributed by atoms with Gasteiger partial charge in [0.05, 0.1) is 6.10 Å². The van der Waals surface area contributed by atoms with E-state index < -0.39 is 0 Å². The predicted molar refractivity (Wildman–Crippen MR) is 101 cm³/mol. The molecule has 1 saturated heterocycles. The number of para-hydroxylation sites is 1. The van der Waals surface area contributed by atoms with E-state index in [2.05, 4.69) is 5.32 Å². The zero-order valence-corrected chi connectivity index (χ0v) is 15.2. The molecule has 2 amide bonds. The first-order valence-electron chi connectivity index (χ1n) is 8.96. The van der Waals surface area contributed by atoms with Gasteiger partial charge in [-0.2, -0.15) is 0 Å². The Morgan fingerprint density at radius 2 is 1.92 bits per heavy atom. The van der Waals surface area contributed by atoms with E-state index >= 15 is 0 Å². The van der Waals surface area contributed by atoms with Crippen molar-refractivity contribution in [3.63, 3.8) is 0 Å². The molecule has 2 aromatic rings. The number of amides is 2. The van der Waals surface area contributed by atoms with Gasteiger partial charge >= 0.3 is 0 Å². The summed E-state index contributed by atoms with van der Waals surface area (Å²) in [5, 5.41) is 2.79. The van der Waals surface area contributed by atoms with Gasteiger partial charge in [-0.3, -0.25) is 9.59 Å². The van der Waals surface area contributed by atoms with Crippen molar-refractivity contribution in [2.45, 2.75) is 26.4 Å². The van der Waals surface area contributed by atoms with E-state index in [9.17, 15) is 9.59 Å². The molecule has 1 aliphatic rings. The Balaban J connectivity index is 1.87. The van der Waals surface area contributed by atoms with E-state index in [0.29, 0.717) is 31.6 Å². The molecule has 1 N–H and O–H groups in total. The van der Waals surface area contributed by atoms with Crippen LogP contribution in [0.4, 0.5) is 0 Å². The molecule has 5 heteroatoms. The van der Waals surface area contributed by atoms with Gasteiger partial charge in [-0.1, -0.05) is 30.3 Å². The van der Waals surface area contributed by atoms with Crippen LogP contribution in [0.1, 0.15) is 30.6 Å². The van der Waals surface area contributed by atoms with E-state index in [-0.39, 0.29) is 17.9 Å². The standard InChI is InChI=1S/C21H24N2O3/c1-15(2)26-19-9-4-3-8-18(19)16-6-5-7-17(14-16)21(25)23-12-10-20(24)22-11-13-23/h3-9,14-15H,10-13H2,1-2H3,(H,22,24). The summed E-state index contributed by atoms with van der Waals surface area (Å²) in [7, 11) is 0. The average Bonchev–Trinajstić information content (AvgIpc) is 2.86. The summed E-state index contributed by atoms with van der Waals surface area (Å²) in [5.74, 6) is 0.746. The third kappa shape index (κ3) is 4.23. The second-order valence-electron chi connectivity index (χ2n) is 6.64. The van der Waals surface area contributed by atoms with Gasteiger partial charge in [0.2, 0.25) is 5.91 Å². The lowest BCUT2D eigenvalue weighted by Crippen LogP contribution is -2.34. The van der Waals surface area contributed by atoms with Gasteiger partial charge in [0.1, 0.15) is 5.75 Å². The maximum Gasteiger partial charge on any atom is 0.253 e. The number of rotatable bonds is 4. The molecule has 0 spiro atoms. The molecular weight excluding hydrogens is 328 g/mol. The molecule has 0 aromatic heterocycles. The minimum atomic E-state index is -0.0504. The molecule has 26 heavy (non-hydrogen) atoms. The molecular formula is C21H24N2O3. The lowest BCUT2D eigenvalue weighted by molar-refractivity contribution is -0.120. The first-order chi connectivity index (χ1) is 12.5. The van der Waals surface area contributed by atoms with Crippen molar-refractivity contribution in [1.82, 2.24) is 10.2 Å². The summed E-state index contributed by atoms with van der Waals surface area (Å²) in [5.41, 5.74) is 2.52. The summed E-state index contributed by atoms with van der Waals surface area (Å²) in [6, 6.07) is 15.4. The minimum Gasteiger partial charge on any atom is -0.490 e. The number of carbonyl (C=O) groups is 2. The second-order valence-corrected chi connectivity index (χ2v) is 6.64. The van der Waals surface area contributed by atoms with E-state index in [1.165, 1.54) is 0 Å². The summed E-state index contributed by atoms with van der Waals surface area (Å²) in [6.07, 6.45) is 0.416. The van der Waals surface area contributed by atoms with Crippen molar-refractivity contribution in [3.05, 3.63) is 54.1 Å². The van der Waals surface area contributed by atoms with E-state index in [4.69, 9.17) is 4.74 Å². The van der Waals surface area contributed by atoms with E-state index in [1.54, 1.807) is 4.90 Å². The molecule has 136 valence electrons. The lowest BCUT2D eigenvalue weighted by Gasteiger charge is -2.20. The van der Waals surface area contributed by atoms with E-state index in [0.717, 1.165) is 16.9 Å². The molecule has 0 unspecified atom stereocenters. The van der Waals surface area contributed by atoms with Crippen LogP contribution >= 0.6 is 0 Å². The first-order valence-corrected chi connectivity index (χ1v) is 8.96. The van der Waals surface area contributed by atoms with Gasteiger partial charge in [-0.05, 0) is 37.6 Å². The number of carbonyl (C=O) groups excluding carboxylic acids is 2. The Labute approximate surface area is 154 Å². The maximum atomic E-state index is 12.9. The Morgan fingerprint density at radius 3 is 2.73 bits per heavy atom. The Bertz CT molecular complexity index is 801. The highest BCUT2D eigenvalue weighted by molar-refractivity contribution is 5.96. The largest absolute Gasteiger partial charge is 0.490 e. The molecule has 0 aliphatic carbocycles. The third-order valence-electron chi connectivity index (χ3n) is 4.27. The highest BCUT2D eigenvalue weighted by Gasteiger charge is 2.20. The van der Waals surface area contributed by atoms with Crippen molar-refractivity contribution in [2.75, 3.05) is 19.6 Å². The van der Waals surface area contributed by atoms with Crippen LogP contribution in [-0.2, 0) is 4.79 Å². The van der Waals surface area contributed by atoms with Crippen molar-refractivity contribution in [3.8, 4) is 16.9 Å². The Kier molecular flexibility index (Phi) is 5.56. The van der Waals surface area contributed by atoms with Crippen LogP contribution in [-0.4, -0.2) is 42.5 Å². The normalized spacial score (nSPS) is 14.7. The predicted octanol–water partition coefficient (Wildman–Crippen LogP) is 3.10. The van der Waals surface area contributed by atoms with Crippen LogP contribution in [0.25, 0.3) is 11.1 Å². The molecule has 5 nitrogen and oxygen atoms in total. The van der Waals surface area contributed by atoms with Crippen LogP contribution in [0, 0.1) is 0 Å². The lowest BCUT2D eigenvalue weighted by atomic mass is 10.0. The number of hydrogen-bond donors (Lipinski definition) is 1. The zero-order chi connectivity index (χ0) is 18.5. The number of benzene rings is 2. The summed E-state index contributed by atoms with van der Waals surface area (Å²) in [6.45, 7) is 5.45. The Hall–Kier alpha value is -2.82. The highest BCUT2D eigenvalue weighted by atomic mass is 16.5. The summed E-state index contributed by atoms with van der Waals surface area (Å²) in [4.78, 5) is 26.1. The van der Waals surface area contributed by atoms with Gasteiger partial charge < -0.3 is 15.0 Å². The molecule has 0 saturated carbocycles. The van der Waals surface area contributed by atoms with Crippen molar-refractivity contribution < 1.29 is 14.3 Å². The fourth-order valence-electron chi connectivity index (χ4n) is 3.03. The number of hydrogen-bond acceptors (Lipinski definition) is 3. The summed E-state index contributed by atoms with van der Waals surface area (Å²) < 4.78 is 5.90. The van der Waals surface area contributed by atoms with Crippen LogP contribution < -0.4 is 10.1 Å². The van der Waals surface area contributed by atoms with E-state index in [1.807, 2.05) is 62.4 Å². The molecule has 0 bridgehead atoms. The van der Waals surface area contributed by atoms with Crippen LogP contribution in [0.15, 0.2) is 48.5 Å². The van der Waals surface area contributed by atoms with Gasteiger partial charge in [-0.15, -0.1) is 0 Å². The number of nitrogens with zero attached hydrogens (tertiary/aromatic N) is 1. The van der Waals surface area contributed by atoms with Gasteiger partial charge in [0.25, 0.3) is 5.91 Å². The highest BCUT2D eigenvalue weighted by Crippen LogP contribution is 2.31. The van der Waals surface area contributed by atoms with Gasteiger partial charge in [-0.25, -0.2) is 0 Å². The van der Waals surface area contributed by atoms with Crippen molar-refractivity contribution >= 4 is 11.8 Å². The van der Waals surface area contributed by atoms with Crippen molar-refractivity contribution in [2.24, 2.45) is 0 Å². The monoisotopic (exact) mass is 352 g/mol. The zero-order valence-electron chi connectivity index (χ0n) is 15.2. The molecule has 1 heterocycles. The number of nitrogens with one attached hydrogen (secondary N) is 1. The van der Waals surface area contributed by atoms with Crippen LogP contribution in [0.5, 0.6) is 5.75 Å². The van der Waals surface area contributed by atoms with Gasteiger partial charge in [0, 0.05) is 37.2 Å². The molecule has 1 aliphatic heterocycles. The smallest absolute Gasteiger partial charge is 0.253 e. The topological polar surface area (TPSA) is 58.6 Å². The summed E-state index contributed by atoms with van der Waals surface area (Å²) >= 11 is 0. The third-order valence-corrected chi connectivity index (χ3v) is 4.27. The Morgan fingerprint density at radius 1 is 1.12 bits per heavy atom. The maximum absolute atomic E-state index is 12.9. The number of ether oxygens (including phenoxy) is 1. The van der Waals surface area contributed by atoms with Crippen LogP contribution in [0.3, 0.4) is 0 Å². The first kappa shape index (κ1) is 18.0. The second kappa shape index (κ2) is 8.04. The molecule has 0 radical (unpaired) electrons. The average molecular weight is 352 g/mol. The van der Waals surface area contributed by atoms with Crippen LogP contribution in [0.2, 0.25) is 0 Å². The molecule has 1 fully saturated rings. The SMILES string of the molecule is CC(C)Oc1ccccc1-c1cccc(C(=O)N2CCNC(=O)CC2)c1. The molecule has 0 atom stereocenters. The fourth-order valence-corrected chi connectivity index (χ4v) is 3.03. The van der Waals surface area contributed by atoms with Crippen molar-refractivity contribution in [1.29, 1.82) is 0 Å². The quantitative estimate of drug-likeness (QED) is 0.920. The van der Waals surface area contributed by atoms with Gasteiger partial charge in [0.15, 0.2) is 0 Å².